The van der Waals surface area contributed by atoms with Gasteiger partial charge in [0.1, 0.15) is 17.5 Å². The van der Waals surface area contributed by atoms with Crippen molar-refractivity contribution in [1.29, 1.82) is 0 Å². The molecule has 2 aromatic heterocycles. The molecule has 8 rings (SSSR count). The number of carboxylic acids is 1. The highest BCUT2D eigenvalue weighted by atomic mass is 19.1. The summed E-state index contributed by atoms with van der Waals surface area (Å²) in [7, 11) is 0. The highest BCUT2D eigenvalue weighted by Crippen LogP contribution is 2.46. The molecular formula is C33H33F2N5O3. The van der Waals surface area contributed by atoms with Crippen LogP contribution in [0.15, 0.2) is 48.7 Å². The van der Waals surface area contributed by atoms with E-state index in [-0.39, 0.29) is 35.1 Å². The van der Waals surface area contributed by atoms with Crippen LogP contribution < -0.4 is 5.32 Å². The maximum Gasteiger partial charge on any atom is 0.308 e. The number of carbonyl (C=O) groups excluding carboxylic acids is 1. The van der Waals surface area contributed by atoms with Gasteiger partial charge < -0.3 is 20.3 Å². The Labute approximate surface area is 247 Å². The molecule has 1 aliphatic heterocycles. The third-order valence-electron chi connectivity index (χ3n) is 9.56. The third-order valence-corrected chi connectivity index (χ3v) is 9.56. The van der Waals surface area contributed by atoms with E-state index in [0.717, 1.165) is 69.7 Å². The zero-order valence-corrected chi connectivity index (χ0v) is 23.7. The molecule has 222 valence electrons. The number of hydrogen-bond donors (Lipinski definition) is 3. The summed E-state index contributed by atoms with van der Waals surface area (Å²) in [6.45, 7) is 1.52. The Bertz CT molecular complexity index is 1690. The molecule has 4 fully saturated rings. The van der Waals surface area contributed by atoms with Crippen molar-refractivity contribution in [2.45, 2.75) is 51.0 Å². The van der Waals surface area contributed by atoms with Gasteiger partial charge in [-0.2, -0.15) is 0 Å². The molecule has 2 aromatic carbocycles. The van der Waals surface area contributed by atoms with Gasteiger partial charge in [-0.1, -0.05) is 12.1 Å². The van der Waals surface area contributed by atoms with Gasteiger partial charge in [-0.15, -0.1) is 0 Å². The summed E-state index contributed by atoms with van der Waals surface area (Å²) >= 11 is 0. The Hall–Kier alpha value is -4.34. The molecule has 43 heavy (non-hydrogen) atoms. The number of rotatable bonds is 6. The number of halogens is 2. The monoisotopic (exact) mass is 585 g/mol. The highest BCUT2D eigenvalue weighted by molar-refractivity contribution is 5.96. The van der Waals surface area contributed by atoms with Gasteiger partial charge in [0.05, 0.1) is 17.1 Å². The van der Waals surface area contributed by atoms with Crippen molar-refractivity contribution in [3.05, 3.63) is 65.9 Å². The molecule has 3 heterocycles. The standard InChI is InChI=1S/C33H33F2N5O3/c34-22-14-23-24(17-36-30(23)25(35)15-22)31-37-26(18-4-10-21(11-5-18)32(41)40-12-2-1-3-13-40)16-27(39-31)38-29-20-8-6-19(7-9-20)28(29)33(42)43/h4-5,10-11,14-17,19-20,28-29,36H,1-3,6-9,12-13H2,(H,42,43)(H,37,38,39). The van der Waals surface area contributed by atoms with Crippen LogP contribution in [0.5, 0.6) is 0 Å². The molecule has 0 radical (unpaired) electrons. The zero-order valence-electron chi connectivity index (χ0n) is 23.7. The molecule has 3 N–H and O–H groups in total. The minimum atomic E-state index is -0.807. The minimum absolute atomic E-state index is 0.00638. The van der Waals surface area contributed by atoms with E-state index in [1.165, 1.54) is 6.07 Å². The van der Waals surface area contributed by atoms with Crippen LogP contribution in [0.1, 0.15) is 55.3 Å². The van der Waals surface area contributed by atoms with Gasteiger partial charge in [-0.3, -0.25) is 9.59 Å². The molecule has 2 atom stereocenters. The number of aromatic amines is 1. The van der Waals surface area contributed by atoms with E-state index in [4.69, 9.17) is 9.97 Å². The van der Waals surface area contributed by atoms with E-state index < -0.39 is 23.5 Å². The Morgan fingerprint density at radius 2 is 1.65 bits per heavy atom. The molecule has 4 aromatic rings. The first-order valence-electron chi connectivity index (χ1n) is 15.1. The molecular weight excluding hydrogens is 552 g/mol. The lowest BCUT2D eigenvalue weighted by Gasteiger charge is -2.47. The van der Waals surface area contributed by atoms with Crippen LogP contribution in [-0.4, -0.2) is 56.0 Å². The number of nitrogens with zero attached hydrogens (tertiary/aromatic N) is 3. The van der Waals surface area contributed by atoms with Gasteiger partial charge in [-0.05, 0) is 75.0 Å². The van der Waals surface area contributed by atoms with Crippen molar-refractivity contribution in [2.24, 2.45) is 17.8 Å². The molecule has 1 saturated heterocycles. The second-order valence-corrected chi connectivity index (χ2v) is 12.1. The number of anilines is 1. The number of nitrogens with one attached hydrogen (secondary N) is 2. The van der Waals surface area contributed by atoms with E-state index in [2.05, 4.69) is 10.3 Å². The fraction of sp³-hybridized carbons (Fsp3) is 0.394. The maximum absolute atomic E-state index is 14.5. The topological polar surface area (TPSA) is 111 Å². The summed E-state index contributed by atoms with van der Waals surface area (Å²) in [6, 6.07) is 10.8. The first kappa shape index (κ1) is 27.5. The molecule has 2 unspecified atom stereocenters. The van der Waals surface area contributed by atoms with Crippen molar-refractivity contribution in [1.82, 2.24) is 19.9 Å². The molecule has 3 aliphatic carbocycles. The van der Waals surface area contributed by atoms with Gasteiger partial charge in [-0.25, -0.2) is 18.7 Å². The number of benzene rings is 2. The van der Waals surface area contributed by atoms with E-state index in [9.17, 15) is 23.5 Å². The smallest absolute Gasteiger partial charge is 0.308 e. The molecule has 8 nitrogen and oxygen atoms in total. The third kappa shape index (κ3) is 5.13. The van der Waals surface area contributed by atoms with E-state index in [1.54, 1.807) is 24.4 Å². The average molecular weight is 586 g/mol. The summed E-state index contributed by atoms with van der Waals surface area (Å²) < 4.78 is 28.8. The summed E-state index contributed by atoms with van der Waals surface area (Å²) in [6.07, 6.45) is 8.46. The normalized spacial score (nSPS) is 23.4. The number of fused-ring (bicyclic) bond motifs is 4. The minimum Gasteiger partial charge on any atom is -0.481 e. The Morgan fingerprint density at radius 1 is 0.930 bits per heavy atom. The van der Waals surface area contributed by atoms with E-state index in [1.807, 2.05) is 17.0 Å². The fourth-order valence-electron chi connectivity index (χ4n) is 7.38. The lowest BCUT2D eigenvalue weighted by atomic mass is 9.61. The number of likely N-dealkylation sites (tertiary alicyclic amines) is 1. The molecule has 3 saturated carbocycles. The van der Waals surface area contributed by atoms with Gasteiger partial charge in [0.2, 0.25) is 0 Å². The SMILES string of the molecule is O=C(O)C1C2CCC(CC2)C1Nc1cc(-c2ccc(C(=O)N3CCCCC3)cc2)nc(-c2c[nH]c3c(F)cc(F)cc23)n1. The second-order valence-electron chi connectivity index (χ2n) is 12.1. The number of hydrogen-bond acceptors (Lipinski definition) is 5. The summed E-state index contributed by atoms with van der Waals surface area (Å²) in [5, 5.41) is 13.9. The first-order valence-corrected chi connectivity index (χ1v) is 15.1. The zero-order chi connectivity index (χ0) is 29.7. The highest BCUT2D eigenvalue weighted by Gasteiger charge is 2.47. The number of piperidine rings is 1. The van der Waals surface area contributed by atoms with Crippen molar-refractivity contribution < 1.29 is 23.5 Å². The summed E-state index contributed by atoms with van der Waals surface area (Å²) in [5.41, 5.74) is 2.46. The van der Waals surface area contributed by atoms with Crippen LogP contribution in [0.3, 0.4) is 0 Å². The van der Waals surface area contributed by atoms with Gasteiger partial charge in [0.25, 0.3) is 5.91 Å². The number of aliphatic carboxylic acids is 1. The van der Waals surface area contributed by atoms with Gasteiger partial charge in [0.15, 0.2) is 5.82 Å². The molecule has 2 bridgehead atoms. The molecule has 4 aliphatic rings. The molecule has 1 amide bonds. The first-order chi connectivity index (χ1) is 20.9. The van der Waals surface area contributed by atoms with Crippen LogP contribution in [0, 0.1) is 29.4 Å². The van der Waals surface area contributed by atoms with Crippen LogP contribution in [0.2, 0.25) is 0 Å². The van der Waals surface area contributed by atoms with Crippen molar-refractivity contribution in [2.75, 3.05) is 18.4 Å². The van der Waals surface area contributed by atoms with Crippen LogP contribution >= 0.6 is 0 Å². The van der Waals surface area contributed by atoms with Crippen LogP contribution in [0.25, 0.3) is 33.5 Å². The largest absolute Gasteiger partial charge is 0.481 e. The van der Waals surface area contributed by atoms with E-state index >= 15 is 0 Å². The van der Waals surface area contributed by atoms with Crippen molar-refractivity contribution in [3.8, 4) is 22.6 Å². The predicted molar refractivity (Wildman–Crippen MR) is 158 cm³/mol. The number of aromatic nitrogens is 3. The summed E-state index contributed by atoms with van der Waals surface area (Å²) in [4.78, 5) is 39.7. The number of H-pyrrole nitrogens is 1. The Morgan fingerprint density at radius 3 is 2.37 bits per heavy atom. The summed E-state index contributed by atoms with van der Waals surface area (Å²) in [5.74, 6) is -1.73. The molecule has 0 spiro atoms. The van der Waals surface area contributed by atoms with Crippen LogP contribution in [0.4, 0.5) is 14.6 Å². The number of carboxylic acid groups (broad SMARTS) is 1. The van der Waals surface area contributed by atoms with Crippen molar-refractivity contribution in [3.63, 3.8) is 0 Å². The van der Waals surface area contributed by atoms with Gasteiger partial charge >= 0.3 is 5.97 Å². The Kier molecular flexibility index (Phi) is 7.07. The average Bonchev–Trinajstić information content (AvgIpc) is 3.46. The van der Waals surface area contributed by atoms with Crippen molar-refractivity contribution >= 4 is 28.6 Å². The predicted octanol–water partition coefficient (Wildman–Crippen LogP) is 6.50. The second kappa shape index (κ2) is 11.1. The lowest BCUT2D eigenvalue weighted by Crippen LogP contribution is -2.51. The quantitative estimate of drug-likeness (QED) is 0.238. The Balaban J connectivity index is 1.28. The fourth-order valence-corrected chi connectivity index (χ4v) is 7.38. The molecule has 10 heteroatoms. The lowest BCUT2D eigenvalue weighted by molar-refractivity contribution is -0.148. The van der Waals surface area contributed by atoms with E-state index in [0.29, 0.717) is 28.0 Å². The number of carbonyl (C=O) groups is 2. The van der Waals surface area contributed by atoms with Gasteiger partial charge in [0, 0.05) is 59.5 Å². The number of amides is 1. The van der Waals surface area contributed by atoms with Crippen LogP contribution in [-0.2, 0) is 4.79 Å². The maximum atomic E-state index is 14.5.